The first-order valence-electron chi connectivity index (χ1n) is 9.59. The van der Waals surface area contributed by atoms with Gasteiger partial charge in [0.25, 0.3) is 0 Å². The average molecular weight is 367 g/mol. The molecule has 1 aliphatic carbocycles. The van der Waals surface area contributed by atoms with Gasteiger partial charge in [-0.15, -0.1) is 0 Å². The van der Waals surface area contributed by atoms with Gasteiger partial charge in [0.05, 0.1) is 5.56 Å². The molecule has 1 fully saturated rings. The van der Waals surface area contributed by atoms with Crippen molar-refractivity contribution in [1.82, 2.24) is 5.32 Å². The highest BCUT2D eigenvalue weighted by Crippen LogP contribution is 2.43. The number of carboxylic acids is 1. The van der Waals surface area contributed by atoms with Crippen molar-refractivity contribution in [2.75, 3.05) is 19.8 Å². The van der Waals surface area contributed by atoms with E-state index in [2.05, 4.69) is 17.4 Å². The number of nitrogens with one attached hydrogen (secondary N) is 1. The first-order valence-corrected chi connectivity index (χ1v) is 9.59. The molecule has 0 atom stereocenters. The Morgan fingerprint density at radius 2 is 1.81 bits per heavy atom. The summed E-state index contributed by atoms with van der Waals surface area (Å²) in [5.41, 5.74) is 2.72. The zero-order valence-electron chi connectivity index (χ0n) is 15.4. The normalized spacial score (nSPS) is 17.6. The summed E-state index contributed by atoms with van der Waals surface area (Å²) in [5, 5.41) is 12.7. The van der Waals surface area contributed by atoms with Crippen LogP contribution in [-0.2, 0) is 12.0 Å². The summed E-state index contributed by atoms with van der Waals surface area (Å²) >= 11 is 0. The lowest BCUT2D eigenvalue weighted by Gasteiger charge is -2.31. The van der Waals surface area contributed by atoms with Crippen LogP contribution in [0.5, 0.6) is 11.5 Å². The fraction of sp³-hybridized carbons (Fsp3) is 0.409. The van der Waals surface area contributed by atoms with Crippen LogP contribution in [0, 0.1) is 0 Å². The van der Waals surface area contributed by atoms with Crippen molar-refractivity contribution >= 4 is 5.97 Å². The van der Waals surface area contributed by atoms with Crippen molar-refractivity contribution in [3.63, 3.8) is 0 Å². The lowest BCUT2D eigenvalue weighted by atomic mass is 9.78. The van der Waals surface area contributed by atoms with Crippen LogP contribution in [0.2, 0.25) is 0 Å². The summed E-state index contributed by atoms with van der Waals surface area (Å²) < 4.78 is 11.4. The maximum absolute atomic E-state index is 11.1. The van der Waals surface area contributed by atoms with Crippen molar-refractivity contribution in [3.8, 4) is 11.5 Å². The summed E-state index contributed by atoms with van der Waals surface area (Å²) in [6.07, 6.45) is 4.75. The second-order valence-corrected chi connectivity index (χ2v) is 7.45. The molecule has 5 nitrogen and oxygen atoms in total. The molecule has 1 heterocycles. The zero-order chi connectivity index (χ0) is 18.7. The molecule has 1 aliphatic heterocycles. The van der Waals surface area contributed by atoms with Gasteiger partial charge in [-0.1, -0.05) is 31.0 Å². The Morgan fingerprint density at radius 1 is 1.04 bits per heavy atom. The molecule has 0 unspecified atom stereocenters. The maximum Gasteiger partial charge on any atom is 0.335 e. The molecule has 0 amide bonds. The molecular weight excluding hydrogens is 342 g/mol. The summed E-state index contributed by atoms with van der Waals surface area (Å²) in [5.74, 6) is 0.788. The zero-order valence-corrected chi connectivity index (χ0v) is 15.4. The predicted molar refractivity (Wildman–Crippen MR) is 103 cm³/mol. The molecule has 2 aromatic carbocycles. The van der Waals surface area contributed by atoms with Gasteiger partial charge in [0, 0.05) is 18.5 Å². The van der Waals surface area contributed by atoms with Gasteiger partial charge in [-0.25, -0.2) is 4.79 Å². The number of carbonyl (C=O) groups is 1. The minimum atomic E-state index is -0.889. The third-order valence-corrected chi connectivity index (χ3v) is 5.68. The molecule has 0 bridgehead atoms. The van der Waals surface area contributed by atoms with E-state index in [0.717, 1.165) is 36.4 Å². The summed E-state index contributed by atoms with van der Waals surface area (Å²) in [6, 6.07) is 13.5. The van der Waals surface area contributed by atoms with Gasteiger partial charge < -0.3 is 19.9 Å². The molecule has 0 spiro atoms. The van der Waals surface area contributed by atoms with Crippen molar-refractivity contribution in [2.24, 2.45) is 0 Å². The van der Waals surface area contributed by atoms with Crippen molar-refractivity contribution in [1.29, 1.82) is 0 Å². The quantitative estimate of drug-likeness (QED) is 0.814. The Labute approximate surface area is 159 Å². The van der Waals surface area contributed by atoms with Gasteiger partial charge in [0.1, 0.15) is 13.2 Å². The standard InChI is InChI=1S/C22H25NO4/c24-21(25)17-5-3-4-16(12-17)14-23-15-22(8-1-2-9-22)18-6-7-19-20(13-18)27-11-10-26-19/h3-7,12-13,23H,1-2,8-11,14-15H2,(H,24,25). The first-order chi connectivity index (χ1) is 13.2. The molecule has 0 saturated heterocycles. The van der Waals surface area contributed by atoms with Crippen molar-refractivity contribution in [2.45, 2.75) is 37.6 Å². The minimum Gasteiger partial charge on any atom is -0.486 e. The monoisotopic (exact) mass is 367 g/mol. The molecular formula is C22H25NO4. The number of carboxylic acid groups (broad SMARTS) is 1. The maximum atomic E-state index is 11.1. The van der Waals surface area contributed by atoms with Gasteiger partial charge in [-0.2, -0.15) is 0 Å². The third kappa shape index (κ3) is 3.78. The van der Waals surface area contributed by atoms with E-state index in [9.17, 15) is 4.79 Å². The lowest BCUT2D eigenvalue weighted by molar-refractivity contribution is 0.0696. The number of fused-ring (bicyclic) bond motifs is 1. The molecule has 5 heteroatoms. The van der Waals surface area contributed by atoms with E-state index >= 15 is 0 Å². The van der Waals surface area contributed by atoms with Gasteiger partial charge in [-0.05, 0) is 48.2 Å². The molecule has 2 aromatic rings. The van der Waals surface area contributed by atoms with E-state index in [4.69, 9.17) is 14.6 Å². The number of ether oxygens (including phenoxy) is 2. The second kappa shape index (κ2) is 7.61. The number of hydrogen-bond donors (Lipinski definition) is 2. The fourth-order valence-corrected chi connectivity index (χ4v) is 4.25. The number of rotatable bonds is 6. The number of benzene rings is 2. The predicted octanol–water partition coefficient (Wildman–Crippen LogP) is 3.76. The van der Waals surface area contributed by atoms with Gasteiger partial charge in [0.2, 0.25) is 0 Å². The van der Waals surface area contributed by atoms with E-state index in [1.807, 2.05) is 12.1 Å². The highest BCUT2D eigenvalue weighted by atomic mass is 16.6. The van der Waals surface area contributed by atoms with Crippen LogP contribution in [0.3, 0.4) is 0 Å². The topological polar surface area (TPSA) is 67.8 Å². The van der Waals surface area contributed by atoms with E-state index in [1.165, 1.54) is 18.4 Å². The van der Waals surface area contributed by atoms with Crippen LogP contribution in [0.4, 0.5) is 0 Å². The lowest BCUT2D eigenvalue weighted by Crippen LogP contribution is -2.35. The Morgan fingerprint density at radius 3 is 2.59 bits per heavy atom. The second-order valence-electron chi connectivity index (χ2n) is 7.45. The summed E-state index contributed by atoms with van der Waals surface area (Å²) in [7, 11) is 0. The van der Waals surface area contributed by atoms with Gasteiger partial charge in [0.15, 0.2) is 11.5 Å². The van der Waals surface area contributed by atoms with Crippen LogP contribution in [0.1, 0.15) is 47.2 Å². The molecule has 27 heavy (non-hydrogen) atoms. The molecule has 2 aliphatic rings. The van der Waals surface area contributed by atoms with Crippen LogP contribution in [0.25, 0.3) is 0 Å². The van der Waals surface area contributed by atoms with Crippen molar-refractivity contribution in [3.05, 3.63) is 59.2 Å². The van der Waals surface area contributed by atoms with Gasteiger partial charge >= 0.3 is 5.97 Å². The first kappa shape index (κ1) is 17.9. The Balaban J connectivity index is 1.48. The number of hydrogen-bond acceptors (Lipinski definition) is 4. The van der Waals surface area contributed by atoms with Crippen LogP contribution >= 0.6 is 0 Å². The molecule has 0 aromatic heterocycles. The Bertz CT molecular complexity index is 827. The van der Waals surface area contributed by atoms with E-state index < -0.39 is 5.97 Å². The third-order valence-electron chi connectivity index (χ3n) is 5.68. The van der Waals surface area contributed by atoms with Gasteiger partial charge in [-0.3, -0.25) is 0 Å². The molecule has 1 saturated carbocycles. The van der Waals surface area contributed by atoms with Crippen LogP contribution in [0.15, 0.2) is 42.5 Å². The minimum absolute atomic E-state index is 0.0975. The van der Waals surface area contributed by atoms with Crippen LogP contribution in [-0.4, -0.2) is 30.8 Å². The molecule has 0 radical (unpaired) electrons. The fourth-order valence-electron chi connectivity index (χ4n) is 4.25. The highest BCUT2D eigenvalue weighted by molar-refractivity contribution is 5.87. The SMILES string of the molecule is O=C(O)c1cccc(CNCC2(c3ccc4c(c3)OCCO4)CCCC2)c1. The number of aromatic carboxylic acids is 1. The van der Waals surface area contributed by atoms with Crippen LogP contribution < -0.4 is 14.8 Å². The smallest absolute Gasteiger partial charge is 0.335 e. The van der Waals surface area contributed by atoms with E-state index in [-0.39, 0.29) is 5.41 Å². The average Bonchev–Trinajstić information content (AvgIpc) is 3.18. The van der Waals surface area contributed by atoms with Crippen molar-refractivity contribution < 1.29 is 19.4 Å². The Kier molecular flexibility index (Phi) is 5.03. The summed E-state index contributed by atoms with van der Waals surface area (Å²) in [6.45, 7) is 2.73. The molecule has 142 valence electrons. The Hall–Kier alpha value is -2.53. The molecule has 4 rings (SSSR count). The highest BCUT2D eigenvalue weighted by Gasteiger charge is 2.36. The van der Waals surface area contributed by atoms with E-state index in [1.54, 1.807) is 18.2 Å². The molecule has 2 N–H and O–H groups in total. The summed E-state index contributed by atoms with van der Waals surface area (Å²) in [4.78, 5) is 11.1. The largest absolute Gasteiger partial charge is 0.486 e. The van der Waals surface area contributed by atoms with E-state index in [0.29, 0.717) is 25.3 Å².